The molecule has 12 heavy (non-hydrogen) atoms. The molecular weight excluding hydrogens is 158 g/mol. The van der Waals surface area contributed by atoms with Gasteiger partial charge < -0.3 is 15.5 Å². The highest BCUT2D eigenvalue weighted by atomic mass is 16.4. The van der Waals surface area contributed by atoms with Gasteiger partial charge >= 0.3 is 6.09 Å². The highest BCUT2D eigenvalue weighted by Gasteiger charge is 2.56. The standard InChI is InChI=1S/C8H15NO3/c1-7(2)5(9-6(10)11)4-8(7,3)12/h5,9,12H,4H2,1-3H3,(H,10,11). The second-order valence-electron chi connectivity index (χ2n) is 4.20. The van der Waals surface area contributed by atoms with Crippen LogP contribution in [0.15, 0.2) is 0 Å². The van der Waals surface area contributed by atoms with Crippen molar-refractivity contribution in [2.24, 2.45) is 5.41 Å². The molecular formula is C8H15NO3. The van der Waals surface area contributed by atoms with E-state index in [0.29, 0.717) is 6.42 Å². The Bertz CT molecular complexity index is 210. The van der Waals surface area contributed by atoms with Gasteiger partial charge in [-0.15, -0.1) is 0 Å². The topological polar surface area (TPSA) is 69.6 Å². The molecule has 0 aromatic carbocycles. The zero-order chi connectivity index (χ0) is 9.57. The molecule has 2 unspecified atom stereocenters. The smallest absolute Gasteiger partial charge is 0.404 e. The highest BCUT2D eigenvalue weighted by molar-refractivity contribution is 5.65. The van der Waals surface area contributed by atoms with E-state index in [1.165, 1.54) is 0 Å². The molecule has 0 spiro atoms. The molecule has 4 heteroatoms. The lowest BCUT2D eigenvalue weighted by Gasteiger charge is -2.56. The molecule has 1 aliphatic rings. The average Bonchev–Trinajstić information content (AvgIpc) is 1.85. The van der Waals surface area contributed by atoms with Crippen molar-refractivity contribution in [3.8, 4) is 0 Å². The Labute approximate surface area is 71.6 Å². The van der Waals surface area contributed by atoms with Crippen LogP contribution < -0.4 is 5.32 Å². The van der Waals surface area contributed by atoms with Crippen molar-refractivity contribution >= 4 is 6.09 Å². The molecule has 0 radical (unpaired) electrons. The summed E-state index contributed by atoms with van der Waals surface area (Å²) in [5.74, 6) is 0. The molecule has 1 saturated carbocycles. The van der Waals surface area contributed by atoms with Crippen LogP contribution in [0.25, 0.3) is 0 Å². The van der Waals surface area contributed by atoms with Crippen LogP contribution >= 0.6 is 0 Å². The third kappa shape index (κ3) is 1.16. The number of aliphatic hydroxyl groups is 1. The van der Waals surface area contributed by atoms with E-state index in [0.717, 1.165) is 0 Å². The molecule has 1 amide bonds. The normalized spacial score (nSPS) is 38.5. The van der Waals surface area contributed by atoms with Gasteiger partial charge in [0.25, 0.3) is 0 Å². The Morgan fingerprint density at radius 1 is 1.50 bits per heavy atom. The van der Waals surface area contributed by atoms with E-state index in [2.05, 4.69) is 5.32 Å². The summed E-state index contributed by atoms with van der Waals surface area (Å²) >= 11 is 0. The summed E-state index contributed by atoms with van der Waals surface area (Å²) in [5.41, 5.74) is -1.12. The fourth-order valence-electron chi connectivity index (χ4n) is 1.54. The first-order chi connectivity index (χ1) is 5.27. The minimum Gasteiger partial charge on any atom is -0.465 e. The fourth-order valence-corrected chi connectivity index (χ4v) is 1.54. The molecule has 0 saturated heterocycles. The molecule has 0 aromatic heterocycles. The van der Waals surface area contributed by atoms with Crippen LogP contribution in [0.4, 0.5) is 4.79 Å². The van der Waals surface area contributed by atoms with Gasteiger partial charge in [0.05, 0.1) is 5.60 Å². The van der Waals surface area contributed by atoms with E-state index < -0.39 is 11.7 Å². The summed E-state index contributed by atoms with van der Waals surface area (Å²) in [6, 6.07) is -0.134. The molecule has 70 valence electrons. The van der Waals surface area contributed by atoms with Crippen molar-refractivity contribution in [2.75, 3.05) is 0 Å². The predicted molar refractivity (Wildman–Crippen MR) is 44.0 cm³/mol. The van der Waals surface area contributed by atoms with Crippen molar-refractivity contribution in [3.05, 3.63) is 0 Å². The Hall–Kier alpha value is -0.770. The lowest BCUT2D eigenvalue weighted by Crippen LogP contribution is -2.67. The SMILES string of the molecule is CC1(O)CC(NC(=O)O)C1(C)C. The molecule has 0 heterocycles. The molecule has 3 N–H and O–H groups in total. The minimum absolute atomic E-state index is 0.134. The first-order valence-electron chi connectivity index (χ1n) is 3.99. The largest absolute Gasteiger partial charge is 0.465 e. The van der Waals surface area contributed by atoms with Crippen molar-refractivity contribution in [2.45, 2.75) is 38.8 Å². The van der Waals surface area contributed by atoms with E-state index >= 15 is 0 Å². The van der Waals surface area contributed by atoms with Crippen LogP contribution in [0.1, 0.15) is 27.2 Å². The Balaban J connectivity index is 2.60. The van der Waals surface area contributed by atoms with Crippen LogP contribution in [0.5, 0.6) is 0 Å². The van der Waals surface area contributed by atoms with Crippen LogP contribution in [0, 0.1) is 5.41 Å². The summed E-state index contributed by atoms with van der Waals surface area (Å²) in [6.45, 7) is 5.45. The Morgan fingerprint density at radius 2 is 2.00 bits per heavy atom. The van der Waals surface area contributed by atoms with Crippen molar-refractivity contribution < 1.29 is 15.0 Å². The number of amides is 1. The number of carboxylic acid groups (broad SMARTS) is 1. The zero-order valence-electron chi connectivity index (χ0n) is 7.59. The maximum atomic E-state index is 10.3. The maximum Gasteiger partial charge on any atom is 0.404 e. The third-order valence-electron chi connectivity index (χ3n) is 3.16. The van der Waals surface area contributed by atoms with Gasteiger partial charge in [0.1, 0.15) is 0 Å². The highest BCUT2D eigenvalue weighted by Crippen LogP contribution is 2.49. The van der Waals surface area contributed by atoms with Gasteiger partial charge in [-0.2, -0.15) is 0 Å². The van der Waals surface area contributed by atoms with Gasteiger partial charge in [-0.1, -0.05) is 13.8 Å². The summed E-state index contributed by atoms with van der Waals surface area (Å²) in [5, 5.41) is 20.5. The van der Waals surface area contributed by atoms with Crippen LogP contribution in [0.3, 0.4) is 0 Å². The molecule has 1 fully saturated rings. The summed E-state index contributed by atoms with van der Waals surface area (Å²) in [6.07, 6.45) is -0.532. The van der Waals surface area contributed by atoms with E-state index in [1.807, 2.05) is 13.8 Å². The first kappa shape index (κ1) is 9.32. The van der Waals surface area contributed by atoms with E-state index in [-0.39, 0.29) is 11.5 Å². The summed E-state index contributed by atoms with van der Waals surface area (Å²) < 4.78 is 0. The van der Waals surface area contributed by atoms with Crippen molar-refractivity contribution in [1.82, 2.24) is 5.32 Å². The summed E-state index contributed by atoms with van der Waals surface area (Å²) in [4.78, 5) is 10.3. The van der Waals surface area contributed by atoms with Gasteiger partial charge in [-0.25, -0.2) is 4.79 Å². The maximum absolute atomic E-state index is 10.3. The molecule has 2 atom stereocenters. The first-order valence-corrected chi connectivity index (χ1v) is 3.99. The second-order valence-corrected chi connectivity index (χ2v) is 4.20. The minimum atomic E-state index is -1.02. The fraction of sp³-hybridized carbons (Fsp3) is 0.875. The van der Waals surface area contributed by atoms with Crippen LogP contribution in [-0.4, -0.2) is 27.9 Å². The molecule has 1 aliphatic carbocycles. The number of hydrogen-bond donors (Lipinski definition) is 3. The number of rotatable bonds is 1. The average molecular weight is 173 g/mol. The zero-order valence-corrected chi connectivity index (χ0v) is 7.59. The number of hydrogen-bond acceptors (Lipinski definition) is 2. The van der Waals surface area contributed by atoms with E-state index in [1.54, 1.807) is 6.92 Å². The molecule has 1 rings (SSSR count). The van der Waals surface area contributed by atoms with E-state index in [4.69, 9.17) is 5.11 Å². The quantitative estimate of drug-likeness (QED) is 0.549. The van der Waals surface area contributed by atoms with Gasteiger partial charge in [0.2, 0.25) is 0 Å². The predicted octanol–water partition coefficient (Wildman–Crippen LogP) is 0.803. The number of nitrogens with one attached hydrogen (secondary N) is 1. The van der Waals surface area contributed by atoms with E-state index in [9.17, 15) is 9.90 Å². The van der Waals surface area contributed by atoms with Crippen LogP contribution in [-0.2, 0) is 0 Å². The van der Waals surface area contributed by atoms with Crippen molar-refractivity contribution in [3.63, 3.8) is 0 Å². The summed E-state index contributed by atoms with van der Waals surface area (Å²) in [7, 11) is 0. The Morgan fingerprint density at radius 3 is 2.25 bits per heavy atom. The van der Waals surface area contributed by atoms with Gasteiger partial charge in [-0.3, -0.25) is 0 Å². The van der Waals surface area contributed by atoms with Gasteiger partial charge in [-0.05, 0) is 13.3 Å². The lowest BCUT2D eigenvalue weighted by atomic mass is 9.56. The number of carbonyl (C=O) groups is 1. The van der Waals surface area contributed by atoms with Gasteiger partial charge in [0.15, 0.2) is 0 Å². The third-order valence-corrected chi connectivity index (χ3v) is 3.16. The molecule has 4 nitrogen and oxygen atoms in total. The van der Waals surface area contributed by atoms with Crippen LogP contribution in [0.2, 0.25) is 0 Å². The molecule has 0 aromatic rings. The van der Waals surface area contributed by atoms with Crippen molar-refractivity contribution in [1.29, 1.82) is 0 Å². The second kappa shape index (κ2) is 2.36. The molecule has 0 bridgehead atoms. The van der Waals surface area contributed by atoms with Gasteiger partial charge in [0, 0.05) is 11.5 Å². The lowest BCUT2D eigenvalue weighted by molar-refractivity contribution is -0.156. The monoisotopic (exact) mass is 173 g/mol. The molecule has 0 aliphatic heterocycles. The Kier molecular flexibility index (Phi) is 1.83.